The molecule has 0 bridgehead atoms. The third kappa shape index (κ3) is 5.53. The van der Waals surface area contributed by atoms with Crippen LogP contribution in [0.2, 0.25) is 0 Å². The minimum Gasteiger partial charge on any atom is -0.344 e. The summed E-state index contributed by atoms with van der Waals surface area (Å²) in [5, 5.41) is 5.35. The molecule has 0 aliphatic heterocycles. The van der Waals surface area contributed by atoms with E-state index in [0.717, 1.165) is 22.6 Å². The summed E-state index contributed by atoms with van der Waals surface area (Å²) >= 11 is 2.71. The normalized spacial score (nSPS) is 11.9. The first-order valence-corrected chi connectivity index (χ1v) is 10.7. The first-order chi connectivity index (χ1) is 13.5. The van der Waals surface area contributed by atoms with Gasteiger partial charge in [-0.2, -0.15) is 0 Å². The van der Waals surface area contributed by atoms with E-state index in [1.807, 2.05) is 24.4 Å². The number of aromatic amines is 1. The predicted octanol–water partition coefficient (Wildman–Crippen LogP) is 3.92. The number of H-pyrrole nitrogens is 1. The number of hydrogen-bond acceptors (Lipinski definition) is 5. The van der Waals surface area contributed by atoms with Gasteiger partial charge >= 0.3 is 0 Å². The number of rotatable bonds is 8. The fourth-order valence-electron chi connectivity index (χ4n) is 2.70. The number of thiophene rings is 1. The molecule has 2 heterocycles. The number of aromatic nitrogens is 2. The third-order valence-corrected chi connectivity index (χ3v) is 5.77. The summed E-state index contributed by atoms with van der Waals surface area (Å²) in [6, 6.07) is 11.1. The highest BCUT2D eigenvalue weighted by Crippen LogP contribution is 2.26. The zero-order valence-corrected chi connectivity index (χ0v) is 16.9. The molecular formula is C20H20FN3O2S2. The van der Waals surface area contributed by atoms with Crippen molar-refractivity contribution in [2.24, 2.45) is 0 Å². The first-order valence-electron chi connectivity index (χ1n) is 8.86. The van der Waals surface area contributed by atoms with Crippen molar-refractivity contribution in [1.82, 2.24) is 15.3 Å². The molecule has 146 valence electrons. The molecule has 8 heteroatoms. The van der Waals surface area contributed by atoms with Crippen LogP contribution < -0.4 is 10.9 Å². The van der Waals surface area contributed by atoms with E-state index in [9.17, 15) is 14.0 Å². The summed E-state index contributed by atoms with van der Waals surface area (Å²) < 4.78 is 13.3. The van der Waals surface area contributed by atoms with Gasteiger partial charge in [-0.1, -0.05) is 43.3 Å². The molecule has 1 unspecified atom stereocenters. The Morgan fingerprint density at radius 2 is 2.11 bits per heavy atom. The van der Waals surface area contributed by atoms with E-state index >= 15 is 0 Å². The third-order valence-electron chi connectivity index (χ3n) is 3.96. The van der Waals surface area contributed by atoms with Crippen LogP contribution in [0.25, 0.3) is 0 Å². The van der Waals surface area contributed by atoms with Crippen LogP contribution in [0.4, 0.5) is 4.39 Å². The number of halogens is 1. The van der Waals surface area contributed by atoms with Crippen molar-refractivity contribution in [3.8, 4) is 0 Å². The zero-order valence-electron chi connectivity index (χ0n) is 15.3. The first kappa shape index (κ1) is 20.3. The number of benzene rings is 1. The van der Waals surface area contributed by atoms with Gasteiger partial charge in [0.25, 0.3) is 5.56 Å². The maximum atomic E-state index is 13.3. The maximum Gasteiger partial charge on any atom is 0.251 e. The molecule has 0 aliphatic rings. The van der Waals surface area contributed by atoms with Gasteiger partial charge in [0.05, 0.1) is 11.8 Å². The van der Waals surface area contributed by atoms with Gasteiger partial charge in [-0.25, -0.2) is 9.37 Å². The summed E-state index contributed by atoms with van der Waals surface area (Å²) in [6.07, 6.45) is 1.61. The number of carbonyl (C=O) groups is 1. The molecule has 1 aromatic carbocycles. The summed E-state index contributed by atoms with van der Waals surface area (Å²) in [4.78, 5) is 32.3. The van der Waals surface area contributed by atoms with Crippen LogP contribution in [0.15, 0.2) is 57.8 Å². The Morgan fingerprint density at radius 3 is 2.79 bits per heavy atom. The van der Waals surface area contributed by atoms with Gasteiger partial charge in [0, 0.05) is 16.6 Å². The van der Waals surface area contributed by atoms with Crippen molar-refractivity contribution in [3.05, 3.63) is 80.2 Å². The average Bonchev–Trinajstić information content (AvgIpc) is 3.20. The van der Waals surface area contributed by atoms with Crippen molar-refractivity contribution in [3.63, 3.8) is 0 Å². The maximum absolute atomic E-state index is 13.3. The molecule has 0 spiro atoms. The molecule has 0 radical (unpaired) electrons. The van der Waals surface area contributed by atoms with Crippen LogP contribution in [0, 0.1) is 5.82 Å². The molecule has 0 saturated carbocycles. The number of amides is 1. The lowest BCUT2D eigenvalue weighted by atomic mass is 10.1. The molecule has 1 atom stereocenters. The van der Waals surface area contributed by atoms with E-state index in [-0.39, 0.29) is 29.1 Å². The van der Waals surface area contributed by atoms with E-state index in [2.05, 4.69) is 15.3 Å². The summed E-state index contributed by atoms with van der Waals surface area (Å²) in [5.41, 5.74) is 1.31. The molecule has 2 N–H and O–H groups in total. The predicted molar refractivity (Wildman–Crippen MR) is 110 cm³/mol. The second-order valence-corrected chi connectivity index (χ2v) is 8.09. The standard InChI is InChI=1S/C20H20FN3O2S2/c1-2-4-15-11-17(25)24-20(22-15)28-12-18(26)23-19(16-5-3-10-27-16)13-6-8-14(21)9-7-13/h3,5-11,19H,2,4,12H2,1H3,(H,23,26)(H,22,24,25). The number of nitrogens with one attached hydrogen (secondary N) is 2. The van der Waals surface area contributed by atoms with Crippen LogP contribution in [-0.4, -0.2) is 21.6 Å². The van der Waals surface area contributed by atoms with Crippen molar-refractivity contribution in [2.45, 2.75) is 31.0 Å². The number of hydrogen-bond donors (Lipinski definition) is 2. The number of thioether (sulfide) groups is 1. The molecule has 3 aromatic rings. The molecule has 28 heavy (non-hydrogen) atoms. The van der Waals surface area contributed by atoms with Crippen molar-refractivity contribution in [1.29, 1.82) is 0 Å². The van der Waals surface area contributed by atoms with Crippen molar-refractivity contribution in [2.75, 3.05) is 5.75 Å². The summed E-state index contributed by atoms with van der Waals surface area (Å²) in [7, 11) is 0. The quantitative estimate of drug-likeness (QED) is 0.430. The summed E-state index contributed by atoms with van der Waals surface area (Å²) in [5.74, 6) is -0.407. The Bertz CT molecular complexity index is 972. The smallest absolute Gasteiger partial charge is 0.251 e. The highest BCUT2D eigenvalue weighted by Gasteiger charge is 2.18. The van der Waals surface area contributed by atoms with E-state index in [0.29, 0.717) is 11.6 Å². The Labute approximate surface area is 170 Å². The van der Waals surface area contributed by atoms with Crippen LogP contribution in [0.1, 0.15) is 35.5 Å². The Kier molecular flexibility index (Phi) is 7.00. The van der Waals surface area contributed by atoms with Gasteiger partial charge in [0.2, 0.25) is 5.91 Å². The molecule has 0 saturated heterocycles. The van der Waals surface area contributed by atoms with Crippen LogP contribution >= 0.6 is 23.1 Å². The minimum absolute atomic E-state index is 0.113. The van der Waals surface area contributed by atoms with Gasteiger partial charge < -0.3 is 10.3 Å². The molecule has 3 rings (SSSR count). The Balaban J connectivity index is 1.69. The molecule has 1 amide bonds. The molecule has 0 aliphatic carbocycles. The number of aryl methyl sites for hydroxylation is 1. The second-order valence-electron chi connectivity index (χ2n) is 6.15. The zero-order chi connectivity index (χ0) is 19.9. The van der Waals surface area contributed by atoms with Crippen molar-refractivity contribution >= 4 is 29.0 Å². The van der Waals surface area contributed by atoms with Gasteiger partial charge in [-0.3, -0.25) is 9.59 Å². The Hall–Kier alpha value is -2.45. The molecule has 0 fully saturated rings. The van der Waals surface area contributed by atoms with Crippen molar-refractivity contribution < 1.29 is 9.18 Å². The lowest BCUT2D eigenvalue weighted by Crippen LogP contribution is -2.30. The van der Waals surface area contributed by atoms with E-state index in [4.69, 9.17) is 0 Å². The SMILES string of the molecule is CCCc1cc(=O)[nH]c(SCC(=O)NC(c2ccc(F)cc2)c2cccs2)n1. The minimum atomic E-state index is -0.355. The molecule has 5 nitrogen and oxygen atoms in total. The van der Waals surface area contributed by atoms with E-state index in [1.54, 1.807) is 12.1 Å². The monoisotopic (exact) mass is 417 g/mol. The average molecular weight is 418 g/mol. The largest absolute Gasteiger partial charge is 0.344 e. The van der Waals surface area contributed by atoms with Gasteiger partial charge in [-0.15, -0.1) is 11.3 Å². The van der Waals surface area contributed by atoms with Crippen LogP contribution in [-0.2, 0) is 11.2 Å². The van der Waals surface area contributed by atoms with Gasteiger partial charge in [-0.05, 0) is 35.6 Å². The highest BCUT2D eigenvalue weighted by molar-refractivity contribution is 7.99. The van der Waals surface area contributed by atoms with E-state index < -0.39 is 0 Å². The fraction of sp³-hybridized carbons (Fsp3) is 0.250. The van der Waals surface area contributed by atoms with Gasteiger partial charge in [0.1, 0.15) is 5.82 Å². The fourth-order valence-corrected chi connectivity index (χ4v) is 4.21. The van der Waals surface area contributed by atoms with Gasteiger partial charge in [0.15, 0.2) is 5.16 Å². The topological polar surface area (TPSA) is 74.8 Å². The summed E-state index contributed by atoms with van der Waals surface area (Å²) in [6.45, 7) is 2.02. The molecule has 2 aromatic heterocycles. The Morgan fingerprint density at radius 1 is 1.32 bits per heavy atom. The second kappa shape index (κ2) is 9.66. The van der Waals surface area contributed by atoms with Crippen LogP contribution in [0.5, 0.6) is 0 Å². The highest BCUT2D eigenvalue weighted by atomic mass is 32.2. The number of nitrogens with zero attached hydrogens (tertiary/aromatic N) is 1. The lowest BCUT2D eigenvalue weighted by Gasteiger charge is -2.18. The number of carbonyl (C=O) groups excluding carboxylic acids is 1. The molecular weight excluding hydrogens is 397 g/mol. The lowest BCUT2D eigenvalue weighted by molar-refractivity contribution is -0.119. The van der Waals surface area contributed by atoms with Crippen LogP contribution in [0.3, 0.4) is 0 Å². The van der Waals surface area contributed by atoms with E-state index in [1.165, 1.54) is 41.3 Å².